The van der Waals surface area contributed by atoms with Crippen molar-refractivity contribution in [3.05, 3.63) is 76.2 Å². The molecule has 3 rings (SSSR count). The first kappa shape index (κ1) is 18.8. The average Bonchev–Trinajstić information content (AvgIpc) is 2.68. The number of aromatic nitrogens is 2. The Bertz CT molecular complexity index is 990. The largest absolute Gasteiger partial charge is 0.347 e. The number of carbonyl (C=O) groups excluding carboxylic acids is 1. The molecule has 2 aromatic carbocycles. The summed E-state index contributed by atoms with van der Waals surface area (Å²) < 4.78 is 1.22. The monoisotopic (exact) mass is 363 g/mol. The van der Waals surface area contributed by atoms with Gasteiger partial charge in [0.2, 0.25) is 5.91 Å². The number of benzene rings is 2. The third-order valence-corrected chi connectivity index (χ3v) is 4.79. The summed E-state index contributed by atoms with van der Waals surface area (Å²) in [6.07, 6.45) is 2.60. The Morgan fingerprint density at radius 3 is 2.48 bits per heavy atom. The molecule has 27 heavy (non-hydrogen) atoms. The summed E-state index contributed by atoms with van der Waals surface area (Å²) in [6, 6.07) is 15.4. The van der Waals surface area contributed by atoms with Crippen LogP contribution in [0, 0.1) is 5.92 Å². The molecule has 0 aliphatic rings. The van der Waals surface area contributed by atoms with E-state index in [0.717, 1.165) is 17.4 Å². The van der Waals surface area contributed by atoms with Gasteiger partial charge >= 0.3 is 0 Å². The van der Waals surface area contributed by atoms with Crippen LogP contribution in [0.3, 0.4) is 0 Å². The van der Waals surface area contributed by atoms with E-state index in [1.54, 1.807) is 12.3 Å². The molecule has 1 unspecified atom stereocenters. The van der Waals surface area contributed by atoms with Gasteiger partial charge in [-0.25, -0.2) is 4.68 Å². The minimum atomic E-state index is -0.253. The lowest BCUT2D eigenvalue weighted by Crippen LogP contribution is -2.37. The number of hydrogen-bond donors (Lipinski definition) is 1. The third kappa shape index (κ3) is 4.25. The molecule has 5 nitrogen and oxygen atoms in total. The second-order valence-electron chi connectivity index (χ2n) is 7.08. The predicted octanol–water partition coefficient (Wildman–Crippen LogP) is 3.47. The molecule has 0 saturated carbocycles. The molecule has 1 amide bonds. The maximum atomic E-state index is 12.6. The molecule has 5 heteroatoms. The van der Waals surface area contributed by atoms with Gasteiger partial charge in [0.05, 0.1) is 17.6 Å². The van der Waals surface area contributed by atoms with E-state index in [1.807, 2.05) is 18.2 Å². The van der Waals surface area contributed by atoms with E-state index in [9.17, 15) is 9.59 Å². The van der Waals surface area contributed by atoms with Crippen LogP contribution in [0.5, 0.6) is 0 Å². The van der Waals surface area contributed by atoms with Crippen molar-refractivity contribution in [2.75, 3.05) is 0 Å². The minimum Gasteiger partial charge on any atom is -0.347 e. The van der Waals surface area contributed by atoms with Gasteiger partial charge in [-0.2, -0.15) is 5.10 Å². The van der Waals surface area contributed by atoms with E-state index in [1.165, 1.54) is 10.2 Å². The Morgan fingerprint density at radius 1 is 1.11 bits per heavy atom. The number of aryl methyl sites for hydroxylation is 1. The van der Waals surface area contributed by atoms with Crippen molar-refractivity contribution in [2.45, 2.75) is 39.8 Å². The zero-order valence-corrected chi connectivity index (χ0v) is 16.0. The normalized spacial score (nSPS) is 12.3. The van der Waals surface area contributed by atoms with Gasteiger partial charge in [-0.3, -0.25) is 9.59 Å². The fraction of sp³-hybridized carbons (Fsp3) is 0.318. The van der Waals surface area contributed by atoms with Gasteiger partial charge in [0.25, 0.3) is 5.56 Å². The summed E-state index contributed by atoms with van der Waals surface area (Å²) in [5.74, 6) is 0.000797. The fourth-order valence-electron chi connectivity index (χ4n) is 3.19. The van der Waals surface area contributed by atoms with Crippen LogP contribution in [0.15, 0.2) is 59.5 Å². The highest BCUT2D eigenvalue weighted by atomic mass is 16.2. The fourth-order valence-corrected chi connectivity index (χ4v) is 3.19. The highest BCUT2D eigenvalue weighted by Gasteiger charge is 2.19. The second-order valence-corrected chi connectivity index (χ2v) is 7.08. The third-order valence-electron chi connectivity index (χ3n) is 4.79. The van der Waals surface area contributed by atoms with Gasteiger partial charge in [-0.05, 0) is 29.5 Å². The van der Waals surface area contributed by atoms with Gasteiger partial charge in [0, 0.05) is 5.39 Å². The summed E-state index contributed by atoms with van der Waals surface area (Å²) in [5, 5.41) is 8.53. The number of nitrogens with zero attached hydrogens (tertiary/aromatic N) is 2. The molecular weight excluding hydrogens is 338 g/mol. The molecule has 3 aromatic rings. The van der Waals surface area contributed by atoms with Crippen molar-refractivity contribution < 1.29 is 4.79 Å². The molecule has 1 aromatic heterocycles. The standard InChI is InChI=1S/C22H25N3O2/c1-4-16-9-11-17(12-10-16)21(15(2)3)24-20(26)14-25-22(27)19-8-6-5-7-18(19)13-23-25/h5-13,15,21H,4,14H2,1-3H3,(H,24,26). The molecule has 0 aliphatic carbocycles. The molecule has 0 spiro atoms. The van der Waals surface area contributed by atoms with Crippen LogP contribution in [-0.2, 0) is 17.8 Å². The lowest BCUT2D eigenvalue weighted by Gasteiger charge is -2.23. The maximum Gasteiger partial charge on any atom is 0.275 e. The molecule has 0 aliphatic heterocycles. The number of nitrogens with one attached hydrogen (secondary N) is 1. The van der Waals surface area contributed by atoms with Crippen LogP contribution in [-0.4, -0.2) is 15.7 Å². The lowest BCUT2D eigenvalue weighted by atomic mass is 9.95. The van der Waals surface area contributed by atoms with Crippen molar-refractivity contribution in [2.24, 2.45) is 5.92 Å². The first-order valence-electron chi connectivity index (χ1n) is 9.32. The first-order valence-corrected chi connectivity index (χ1v) is 9.32. The van der Waals surface area contributed by atoms with E-state index in [2.05, 4.69) is 55.5 Å². The van der Waals surface area contributed by atoms with E-state index in [-0.39, 0.29) is 30.0 Å². The van der Waals surface area contributed by atoms with E-state index < -0.39 is 0 Å². The van der Waals surface area contributed by atoms with Crippen LogP contribution >= 0.6 is 0 Å². The van der Waals surface area contributed by atoms with E-state index in [0.29, 0.717) is 5.39 Å². The van der Waals surface area contributed by atoms with Gasteiger partial charge < -0.3 is 5.32 Å². The highest BCUT2D eigenvalue weighted by Crippen LogP contribution is 2.22. The number of hydrogen-bond acceptors (Lipinski definition) is 3. The van der Waals surface area contributed by atoms with Gasteiger partial charge in [0.15, 0.2) is 0 Å². The summed E-state index contributed by atoms with van der Waals surface area (Å²) in [7, 11) is 0. The molecule has 1 N–H and O–H groups in total. The van der Waals surface area contributed by atoms with Crippen molar-refractivity contribution in [1.29, 1.82) is 0 Å². The highest BCUT2D eigenvalue weighted by molar-refractivity contribution is 5.81. The average molecular weight is 363 g/mol. The summed E-state index contributed by atoms with van der Waals surface area (Å²) >= 11 is 0. The number of amides is 1. The van der Waals surface area contributed by atoms with Crippen LogP contribution in [0.2, 0.25) is 0 Å². The second kappa shape index (κ2) is 8.16. The smallest absolute Gasteiger partial charge is 0.275 e. The Morgan fingerprint density at radius 2 is 1.81 bits per heavy atom. The molecule has 140 valence electrons. The van der Waals surface area contributed by atoms with Crippen LogP contribution in [0.25, 0.3) is 10.8 Å². The van der Waals surface area contributed by atoms with Gasteiger partial charge in [-0.1, -0.05) is 63.2 Å². The Labute approximate surface area is 159 Å². The molecule has 0 radical (unpaired) electrons. The molecule has 0 fully saturated rings. The molecule has 1 heterocycles. The van der Waals surface area contributed by atoms with Crippen LogP contribution in [0.1, 0.15) is 37.9 Å². The van der Waals surface area contributed by atoms with Crippen molar-refractivity contribution in [3.8, 4) is 0 Å². The zero-order chi connectivity index (χ0) is 19.4. The molecule has 0 bridgehead atoms. The Balaban J connectivity index is 1.78. The van der Waals surface area contributed by atoms with E-state index in [4.69, 9.17) is 0 Å². The Kier molecular flexibility index (Phi) is 5.69. The van der Waals surface area contributed by atoms with Crippen molar-refractivity contribution in [3.63, 3.8) is 0 Å². The quantitative estimate of drug-likeness (QED) is 0.729. The lowest BCUT2D eigenvalue weighted by molar-refractivity contribution is -0.123. The van der Waals surface area contributed by atoms with Crippen LogP contribution in [0.4, 0.5) is 0 Å². The zero-order valence-electron chi connectivity index (χ0n) is 16.0. The topological polar surface area (TPSA) is 64.0 Å². The molecule has 0 saturated heterocycles. The van der Waals surface area contributed by atoms with Gasteiger partial charge in [-0.15, -0.1) is 0 Å². The van der Waals surface area contributed by atoms with Crippen molar-refractivity contribution in [1.82, 2.24) is 15.1 Å². The van der Waals surface area contributed by atoms with Crippen LogP contribution < -0.4 is 10.9 Å². The number of fused-ring (bicyclic) bond motifs is 1. The minimum absolute atomic E-state index is 0.0973. The number of carbonyl (C=O) groups is 1. The maximum absolute atomic E-state index is 12.6. The van der Waals surface area contributed by atoms with Gasteiger partial charge in [0.1, 0.15) is 6.54 Å². The summed E-state index contributed by atoms with van der Waals surface area (Å²) in [4.78, 5) is 25.1. The first-order chi connectivity index (χ1) is 13.0. The summed E-state index contributed by atoms with van der Waals surface area (Å²) in [6.45, 7) is 6.16. The molecule has 1 atom stereocenters. The summed E-state index contributed by atoms with van der Waals surface area (Å²) in [5.41, 5.74) is 2.07. The number of rotatable bonds is 6. The molecular formula is C22H25N3O2. The Hall–Kier alpha value is -2.95. The SMILES string of the molecule is CCc1ccc(C(NC(=O)Cn2ncc3ccccc3c2=O)C(C)C)cc1. The van der Waals surface area contributed by atoms with E-state index >= 15 is 0 Å². The van der Waals surface area contributed by atoms with Crippen molar-refractivity contribution >= 4 is 16.7 Å². The predicted molar refractivity (Wildman–Crippen MR) is 108 cm³/mol.